The molecule has 22 heavy (non-hydrogen) atoms. The maximum absolute atomic E-state index is 12.7. The average molecular weight is 309 g/mol. The van der Waals surface area contributed by atoms with Crippen LogP contribution in [0.4, 0.5) is 4.79 Å². The van der Waals surface area contributed by atoms with Gasteiger partial charge in [0.1, 0.15) is 12.1 Å². The molecule has 2 atom stereocenters. The maximum atomic E-state index is 12.7. The molecule has 1 aliphatic carbocycles. The Balaban J connectivity index is 2.04. The fraction of sp³-hybridized carbons (Fsp3) is 0.812. The van der Waals surface area contributed by atoms with Crippen LogP contribution < -0.4 is 10.6 Å². The molecule has 2 N–H and O–H groups in total. The van der Waals surface area contributed by atoms with Crippen molar-refractivity contribution in [3.8, 4) is 0 Å². The highest BCUT2D eigenvalue weighted by Crippen LogP contribution is 2.38. The van der Waals surface area contributed by atoms with Crippen LogP contribution in [-0.2, 0) is 9.59 Å². The molecule has 6 heteroatoms. The summed E-state index contributed by atoms with van der Waals surface area (Å²) in [5, 5.41) is 5.74. The summed E-state index contributed by atoms with van der Waals surface area (Å²) in [5.41, 5.74) is -0.787. The summed E-state index contributed by atoms with van der Waals surface area (Å²) in [5.74, 6) is -0.382. The average Bonchev–Trinajstić information content (AvgIpc) is 2.73. The fourth-order valence-electron chi connectivity index (χ4n) is 3.55. The standard InChI is InChI=1S/C16H27N3O3/c1-4-12(5-2)17-13(20)10-19-14(21)16(18-15(19)22)9-7-6-8-11(16)3/h11-12H,4-10H2,1-3H3,(H,17,20)(H,18,22)/t11-,16-/m1/s1. The minimum atomic E-state index is -0.787. The molecule has 4 amide bonds. The number of nitrogens with zero attached hydrogens (tertiary/aromatic N) is 1. The number of carbonyl (C=O) groups is 3. The molecule has 6 nitrogen and oxygen atoms in total. The van der Waals surface area contributed by atoms with Gasteiger partial charge in [0.2, 0.25) is 5.91 Å². The molecule has 1 heterocycles. The summed E-state index contributed by atoms with van der Waals surface area (Å²) in [6, 6.07) is -0.339. The number of nitrogens with one attached hydrogen (secondary N) is 2. The van der Waals surface area contributed by atoms with Crippen molar-refractivity contribution in [1.82, 2.24) is 15.5 Å². The lowest BCUT2D eigenvalue weighted by molar-refractivity contribution is -0.137. The number of hydrogen-bond acceptors (Lipinski definition) is 3. The van der Waals surface area contributed by atoms with Gasteiger partial charge >= 0.3 is 6.03 Å². The normalized spacial score (nSPS) is 28.4. The quantitative estimate of drug-likeness (QED) is 0.760. The van der Waals surface area contributed by atoms with E-state index >= 15 is 0 Å². The lowest BCUT2D eigenvalue weighted by Crippen LogP contribution is -2.54. The minimum absolute atomic E-state index is 0.0934. The van der Waals surface area contributed by atoms with Gasteiger partial charge in [0.15, 0.2) is 0 Å². The second kappa shape index (κ2) is 6.67. The summed E-state index contributed by atoms with van der Waals surface area (Å²) in [6.07, 6.45) is 5.29. The van der Waals surface area contributed by atoms with Crippen molar-refractivity contribution in [1.29, 1.82) is 0 Å². The third kappa shape index (κ3) is 2.96. The minimum Gasteiger partial charge on any atom is -0.352 e. The molecule has 0 aromatic rings. The first-order valence-corrected chi connectivity index (χ1v) is 8.38. The van der Waals surface area contributed by atoms with Crippen molar-refractivity contribution in [2.75, 3.05) is 6.54 Å². The molecule has 1 aliphatic heterocycles. The SMILES string of the molecule is CCC(CC)NC(=O)CN1C(=O)N[C@@]2(CCCC[C@H]2C)C1=O. The van der Waals surface area contributed by atoms with Crippen molar-refractivity contribution in [2.24, 2.45) is 5.92 Å². The van der Waals surface area contributed by atoms with Gasteiger partial charge in [0.25, 0.3) is 5.91 Å². The van der Waals surface area contributed by atoms with Crippen LogP contribution in [0.5, 0.6) is 0 Å². The van der Waals surface area contributed by atoms with E-state index in [9.17, 15) is 14.4 Å². The van der Waals surface area contributed by atoms with E-state index in [4.69, 9.17) is 0 Å². The van der Waals surface area contributed by atoms with Gasteiger partial charge in [-0.2, -0.15) is 0 Å². The Morgan fingerprint density at radius 1 is 1.36 bits per heavy atom. The zero-order valence-electron chi connectivity index (χ0n) is 13.8. The monoisotopic (exact) mass is 309 g/mol. The number of imide groups is 1. The molecule has 2 rings (SSSR count). The number of urea groups is 1. The van der Waals surface area contributed by atoms with Crippen LogP contribution in [0.15, 0.2) is 0 Å². The molecule has 1 saturated carbocycles. The highest BCUT2D eigenvalue weighted by Gasteiger charge is 2.55. The Kier molecular flexibility index (Phi) is 5.08. The lowest BCUT2D eigenvalue weighted by atomic mass is 9.73. The maximum Gasteiger partial charge on any atom is 0.325 e. The molecule has 0 unspecified atom stereocenters. The van der Waals surface area contributed by atoms with Crippen LogP contribution in [0.3, 0.4) is 0 Å². The first-order chi connectivity index (χ1) is 10.4. The predicted molar refractivity (Wildman–Crippen MR) is 83.1 cm³/mol. The fourth-order valence-corrected chi connectivity index (χ4v) is 3.55. The molecule has 0 bridgehead atoms. The topological polar surface area (TPSA) is 78.5 Å². The third-order valence-electron chi connectivity index (χ3n) is 5.15. The number of carbonyl (C=O) groups excluding carboxylic acids is 3. The molecule has 1 spiro atoms. The van der Waals surface area contributed by atoms with Crippen molar-refractivity contribution < 1.29 is 14.4 Å². The summed E-state index contributed by atoms with van der Waals surface area (Å²) in [6.45, 7) is 5.82. The predicted octanol–water partition coefficient (Wildman–Crippen LogP) is 1.79. The highest BCUT2D eigenvalue weighted by molar-refractivity contribution is 6.09. The molecular formula is C16H27N3O3. The van der Waals surface area contributed by atoms with Gasteiger partial charge in [-0.25, -0.2) is 4.79 Å². The van der Waals surface area contributed by atoms with E-state index < -0.39 is 11.6 Å². The van der Waals surface area contributed by atoms with Crippen LogP contribution >= 0.6 is 0 Å². The molecule has 2 fully saturated rings. The summed E-state index contributed by atoms with van der Waals surface area (Å²) >= 11 is 0. The van der Waals surface area contributed by atoms with Crippen molar-refractivity contribution in [3.05, 3.63) is 0 Å². The Hall–Kier alpha value is -1.59. The van der Waals surface area contributed by atoms with E-state index in [0.717, 1.165) is 37.0 Å². The van der Waals surface area contributed by atoms with Crippen LogP contribution in [0.2, 0.25) is 0 Å². The van der Waals surface area contributed by atoms with Gasteiger partial charge in [-0.1, -0.05) is 33.6 Å². The molecule has 2 aliphatic rings. The van der Waals surface area contributed by atoms with Gasteiger partial charge in [-0.15, -0.1) is 0 Å². The van der Waals surface area contributed by atoms with Gasteiger partial charge < -0.3 is 10.6 Å². The number of rotatable bonds is 5. The van der Waals surface area contributed by atoms with E-state index in [1.54, 1.807) is 0 Å². The second-order valence-electron chi connectivity index (χ2n) is 6.52. The molecule has 0 radical (unpaired) electrons. The van der Waals surface area contributed by atoms with Gasteiger partial charge in [0.05, 0.1) is 0 Å². The Morgan fingerprint density at radius 2 is 2.05 bits per heavy atom. The largest absolute Gasteiger partial charge is 0.352 e. The highest BCUT2D eigenvalue weighted by atomic mass is 16.2. The second-order valence-corrected chi connectivity index (χ2v) is 6.52. The molecular weight excluding hydrogens is 282 g/mol. The van der Waals surface area contributed by atoms with Crippen molar-refractivity contribution >= 4 is 17.8 Å². The molecule has 124 valence electrons. The van der Waals surface area contributed by atoms with E-state index in [2.05, 4.69) is 10.6 Å². The Bertz CT molecular complexity index is 462. The van der Waals surface area contributed by atoms with E-state index in [1.807, 2.05) is 20.8 Å². The van der Waals surface area contributed by atoms with Gasteiger partial charge in [-0.05, 0) is 31.6 Å². The van der Waals surface area contributed by atoms with E-state index in [0.29, 0.717) is 6.42 Å². The first kappa shape index (κ1) is 16.8. The Labute approximate surface area is 132 Å². The zero-order valence-corrected chi connectivity index (χ0v) is 13.8. The van der Waals surface area contributed by atoms with Crippen LogP contribution in [0.25, 0.3) is 0 Å². The molecule has 0 aromatic heterocycles. The summed E-state index contributed by atoms with van der Waals surface area (Å²) in [7, 11) is 0. The summed E-state index contributed by atoms with van der Waals surface area (Å²) in [4.78, 5) is 38.1. The number of hydrogen-bond donors (Lipinski definition) is 2. The zero-order chi connectivity index (χ0) is 16.3. The summed E-state index contributed by atoms with van der Waals surface area (Å²) < 4.78 is 0. The third-order valence-corrected chi connectivity index (χ3v) is 5.15. The van der Waals surface area contributed by atoms with Gasteiger partial charge in [0, 0.05) is 6.04 Å². The van der Waals surface area contributed by atoms with Crippen LogP contribution in [0, 0.1) is 5.92 Å². The number of amides is 4. The molecule has 1 saturated heterocycles. The lowest BCUT2D eigenvalue weighted by Gasteiger charge is -2.36. The van der Waals surface area contributed by atoms with Crippen LogP contribution in [0.1, 0.15) is 59.3 Å². The van der Waals surface area contributed by atoms with Crippen LogP contribution in [-0.4, -0.2) is 40.9 Å². The van der Waals surface area contributed by atoms with Crippen molar-refractivity contribution in [2.45, 2.75) is 70.9 Å². The van der Waals surface area contributed by atoms with Crippen molar-refractivity contribution in [3.63, 3.8) is 0 Å². The smallest absolute Gasteiger partial charge is 0.325 e. The van der Waals surface area contributed by atoms with Gasteiger partial charge in [-0.3, -0.25) is 14.5 Å². The molecule has 0 aromatic carbocycles. The van der Waals surface area contributed by atoms with E-state index in [-0.39, 0.29) is 30.3 Å². The Morgan fingerprint density at radius 3 is 2.64 bits per heavy atom. The van der Waals surface area contributed by atoms with E-state index in [1.165, 1.54) is 0 Å². The first-order valence-electron chi connectivity index (χ1n) is 8.38.